The van der Waals surface area contributed by atoms with Crippen LogP contribution >= 0.6 is 0 Å². The second kappa shape index (κ2) is 7.99. The molecule has 1 N–H and O–H groups in total. The van der Waals surface area contributed by atoms with E-state index in [1.165, 1.54) is 48.2 Å². The van der Waals surface area contributed by atoms with E-state index in [-0.39, 0.29) is 0 Å². The van der Waals surface area contributed by atoms with Crippen LogP contribution in [-0.4, -0.2) is 69.4 Å². The maximum absolute atomic E-state index is 12.2. The summed E-state index contributed by atoms with van der Waals surface area (Å²) >= 11 is 0. The van der Waals surface area contributed by atoms with E-state index >= 15 is 0 Å². The molecule has 2 aromatic heterocycles. The van der Waals surface area contributed by atoms with Gasteiger partial charge in [-0.3, -0.25) is 19.6 Å². The summed E-state index contributed by atoms with van der Waals surface area (Å²) in [6.07, 6.45) is 5.06. The van der Waals surface area contributed by atoms with Crippen molar-refractivity contribution in [2.24, 2.45) is 5.92 Å². The highest BCUT2D eigenvalue weighted by Gasteiger charge is 2.43. The van der Waals surface area contributed by atoms with Crippen molar-refractivity contribution in [1.29, 1.82) is 0 Å². The van der Waals surface area contributed by atoms with Crippen molar-refractivity contribution in [2.75, 3.05) is 32.8 Å². The standard InChI is InChI=1S/C23H27N5O4/c29-21-3-6-28(23(30)24-21)22-19-9-16(1-2-20(19)32-25-22)12-27-14-17-10-18(27)13-26(17)11-15-4-7-31-8-5-15/h1-3,6,9,15,17-18H,4-5,7-8,10-14H2,(H,24,29,30)/t17-,18-/m0/s1. The molecule has 168 valence electrons. The van der Waals surface area contributed by atoms with Gasteiger partial charge in [-0.05, 0) is 42.9 Å². The van der Waals surface area contributed by atoms with Gasteiger partial charge < -0.3 is 9.26 Å². The van der Waals surface area contributed by atoms with E-state index in [1.54, 1.807) is 0 Å². The summed E-state index contributed by atoms with van der Waals surface area (Å²) in [4.78, 5) is 31.1. The van der Waals surface area contributed by atoms with E-state index in [9.17, 15) is 9.59 Å². The number of H-pyrrole nitrogens is 1. The van der Waals surface area contributed by atoms with Crippen molar-refractivity contribution < 1.29 is 9.26 Å². The average Bonchev–Trinajstić information content (AvgIpc) is 3.49. The molecule has 3 aliphatic heterocycles. The number of hydrogen-bond donors (Lipinski definition) is 1. The third kappa shape index (κ3) is 3.60. The number of hydrogen-bond acceptors (Lipinski definition) is 7. The Hall–Kier alpha value is -2.75. The minimum Gasteiger partial charge on any atom is -0.381 e. The Morgan fingerprint density at radius 1 is 1.06 bits per heavy atom. The molecule has 6 rings (SSSR count). The summed E-state index contributed by atoms with van der Waals surface area (Å²) in [6.45, 7) is 6.15. The van der Waals surface area contributed by atoms with Crippen molar-refractivity contribution in [2.45, 2.75) is 37.9 Å². The molecular formula is C23H27N5O4. The minimum atomic E-state index is -0.528. The van der Waals surface area contributed by atoms with Crippen LogP contribution in [0.4, 0.5) is 0 Å². The van der Waals surface area contributed by atoms with Gasteiger partial charge in [0.05, 0.1) is 5.39 Å². The zero-order valence-electron chi connectivity index (χ0n) is 17.9. The molecule has 3 aliphatic rings. The number of likely N-dealkylation sites (tertiary alicyclic amines) is 2. The van der Waals surface area contributed by atoms with Gasteiger partial charge >= 0.3 is 5.69 Å². The first kappa shape index (κ1) is 19.9. The number of ether oxygens (including phenoxy) is 1. The van der Waals surface area contributed by atoms with E-state index in [0.717, 1.165) is 44.2 Å². The lowest BCUT2D eigenvalue weighted by Gasteiger charge is -2.36. The fraction of sp³-hybridized carbons (Fsp3) is 0.522. The molecule has 0 aliphatic carbocycles. The van der Waals surface area contributed by atoms with E-state index in [0.29, 0.717) is 23.5 Å². The third-order valence-corrected chi connectivity index (χ3v) is 7.25. The first-order valence-corrected chi connectivity index (χ1v) is 11.4. The first-order chi connectivity index (χ1) is 15.6. The molecule has 32 heavy (non-hydrogen) atoms. The predicted molar refractivity (Wildman–Crippen MR) is 118 cm³/mol. The van der Waals surface area contributed by atoms with Crippen molar-refractivity contribution in [1.82, 2.24) is 24.5 Å². The molecule has 5 heterocycles. The van der Waals surface area contributed by atoms with Crippen molar-refractivity contribution in [3.05, 3.63) is 56.9 Å². The Morgan fingerprint density at radius 3 is 2.66 bits per heavy atom. The Balaban J connectivity index is 1.17. The largest absolute Gasteiger partial charge is 0.381 e. The third-order valence-electron chi connectivity index (χ3n) is 7.25. The monoisotopic (exact) mass is 437 g/mol. The molecule has 0 radical (unpaired) electrons. The van der Waals surface area contributed by atoms with Crippen molar-refractivity contribution in [3.63, 3.8) is 0 Å². The van der Waals surface area contributed by atoms with Gasteiger partial charge in [0, 0.05) is 63.7 Å². The molecule has 3 saturated heterocycles. The Bertz CT molecular complexity index is 1240. The van der Waals surface area contributed by atoms with E-state index < -0.39 is 11.2 Å². The quantitative estimate of drug-likeness (QED) is 0.644. The maximum atomic E-state index is 12.2. The van der Waals surface area contributed by atoms with Gasteiger partial charge in [0.1, 0.15) is 0 Å². The number of aromatic amines is 1. The molecule has 0 unspecified atom stereocenters. The second-order valence-electron chi connectivity index (χ2n) is 9.30. The molecule has 9 nitrogen and oxygen atoms in total. The molecule has 2 atom stereocenters. The van der Waals surface area contributed by atoms with Gasteiger partial charge in [-0.1, -0.05) is 11.2 Å². The van der Waals surface area contributed by atoms with E-state index in [4.69, 9.17) is 9.26 Å². The van der Waals surface area contributed by atoms with Crippen molar-refractivity contribution >= 4 is 11.0 Å². The topological polar surface area (TPSA) is 96.6 Å². The summed E-state index contributed by atoms with van der Waals surface area (Å²) in [6, 6.07) is 8.57. The van der Waals surface area contributed by atoms with Crippen LogP contribution in [0.2, 0.25) is 0 Å². The van der Waals surface area contributed by atoms with Gasteiger partial charge in [0.2, 0.25) is 0 Å². The van der Waals surface area contributed by atoms with E-state index in [2.05, 4.69) is 26.0 Å². The fourth-order valence-corrected chi connectivity index (χ4v) is 5.57. The first-order valence-electron chi connectivity index (χ1n) is 11.4. The minimum absolute atomic E-state index is 0.397. The molecule has 9 heteroatoms. The van der Waals surface area contributed by atoms with Crippen molar-refractivity contribution in [3.8, 4) is 5.82 Å². The van der Waals surface area contributed by atoms with Gasteiger partial charge in [0.15, 0.2) is 11.4 Å². The summed E-state index contributed by atoms with van der Waals surface area (Å²) in [5, 5.41) is 4.84. The van der Waals surface area contributed by atoms with Gasteiger partial charge in [-0.25, -0.2) is 9.36 Å². The Kier molecular flexibility index (Phi) is 4.97. The molecule has 3 fully saturated rings. The predicted octanol–water partition coefficient (Wildman–Crippen LogP) is 1.35. The number of rotatable bonds is 5. The Labute approximate surface area is 184 Å². The number of aromatic nitrogens is 3. The molecular weight excluding hydrogens is 410 g/mol. The number of piperazine rings is 1. The van der Waals surface area contributed by atoms with Crippen LogP contribution in [0.25, 0.3) is 16.8 Å². The maximum Gasteiger partial charge on any atom is 0.334 e. The number of benzene rings is 1. The van der Waals surface area contributed by atoms with Crippen LogP contribution < -0.4 is 11.2 Å². The highest BCUT2D eigenvalue weighted by molar-refractivity contribution is 5.84. The summed E-state index contributed by atoms with van der Waals surface area (Å²) < 4.78 is 12.2. The molecule has 1 aromatic carbocycles. The second-order valence-corrected chi connectivity index (χ2v) is 9.30. The van der Waals surface area contributed by atoms with Crippen LogP contribution in [0.3, 0.4) is 0 Å². The summed E-state index contributed by atoms with van der Waals surface area (Å²) in [7, 11) is 0. The highest BCUT2D eigenvalue weighted by atomic mass is 16.5. The van der Waals surface area contributed by atoms with Gasteiger partial charge in [0.25, 0.3) is 5.56 Å². The normalized spacial score (nSPS) is 24.6. The zero-order valence-corrected chi connectivity index (χ0v) is 17.9. The zero-order chi connectivity index (χ0) is 21.7. The highest BCUT2D eigenvalue weighted by Crippen LogP contribution is 2.34. The van der Waals surface area contributed by atoms with Crippen LogP contribution in [0.15, 0.2) is 44.6 Å². The lowest BCUT2D eigenvalue weighted by Crippen LogP contribution is -2.47. The van der Waals surface area contributed by atoms with Crippen LogP contribution in [0.1, 0.15) is 24.8 Å². The van der Waals surface area contributed by atoms with Crippen LogP contribution in [0, 0.1) is 5.92 Å². The lowest BCUT2D eigenvalue weighted by atomic mass is 9.99. The SMILES string of the molecule is O=c1ccn(-c2noc3ccc(CN4C[C@@H]5C[C@H]4CN5CC4CCOCC4)cc23)c(=O)[nH]1. The summed E-state index contributed by atoms with van der Waals surface area (Å²) in [5.74, 6) is 1.18. The average molecular weight is 438 g/mol. The van der Waals surface area contributed by atoms with Crippen LogP contribution in [-0.2, 0) is 11.3 Å². The molecule has 0 spiro atoms. The lowest BCUT2D eigenvalue weighted by molar-refractivity contribution is 0.0400. The molecule has 2 bridgehead atoms. The molecule has 3 aromatic rings. The van der Waals surface area contributed by atoms with Gasteiger partial charge in [-0.15, -0.1) is 0 Å². The number of fused-ring (bicyclic) bond motifs is 3. The number of nitrogens with zero attached hydrogens (tertiary/aromatic N) is 4. The van der Waals surface area contributed by atoms with Crippen LogP contribution in [0.5, 0.6) is 0 Å². The number of nitrogens with one attached hydrogen (secondary N) is 1. The van der Waals surface area contributed by atoms with Gasteiger partial charge in [-0.2, -0.15) is 0 Å². The molecule has 0 amide bonds. The smallest absolute Gasteiger partial charge is 0.334 e. The molecule has 0 saturated carbocycles. The summed E-state index contributed by atoms with van der Waals surface area (Å²) in [5.41, 5.74) is 0.824. The Morgan fingerprint density at radius 2 is 1.88 bits per heavy atom. The van der Waals surface area contributed by atoms with E-state index in [1.807, 2.05) is 12.1 Å². The fourth-order valence-electron chi connectivity index (χ4n) is 5.57.